The number of nitrogens with two attached hydrogens (primary N) is 1. The zero-order valence-electron chi connectivity index (χ0n) is 12.9. The average Bonchev–Trinajstić information content (AvgIpc) is 2.40. The number of carbonyl (C=O) groups is 1. The highest BCUT2D eigenvalue weighted by Crippen LogP contribution is 2.10. The van der Waals surface area contributed by atoms with Crippen LogP contribution < -0.4 is 11.1 Å². The minimum atomic E-state index is -0.184. The summed E-state index contributed by atoms with van der Waals surface area (Å²) in [5.74, 6) is 0.00557. The number of rotatable bonds is 8. The van der Waals surface area contributed by atoms with Crippen LogP contribution in [-0.2, 0) is 14.3 Å². The SMILES string of the molecule is COC(CN)CC(=O)NCCCN1CC(C)OC(C)C1. The van der Waals surface area contributed by atoms with E-state index in [0.29, 0.717) is 31.7 Å². The van der Waals surface area contributed by atoms with E-state index >= 15 is 0 Å². The Labute approximate surface area is 122 Å². The molecule has 1 heterocycles. The van der Waals surface area contributed by atoms with Gasteiger partial charge in [0.25, 0.3) is 0 Å². The molecule has 1 amide bonds. The van der Waals surface area contributed by atoms with Gasteiger partial charge in [0.15, 0.2) is 0 Å². The summed E-state index contributed by atoms with van der Waals surface area (Å²) in [5.41, 5.74) is 5.49. The van der Waals surface area contributed by atoms with Gasteiger partial charge in [0.1, 0.15) is 0 Å². The molecule has 1 rings (SSSR count). The van der Waals surface area contributed by atoms with Crippen LogP contribution in [0, 0.1) is 0 Å². The summed E-state index contributed by atoms with van der Waals surface area (Å²) in [7, 11) is 1.57. The lowest BCUT2D eigenvalue weighted by Gasteiger charge is -2.35. The molecular weight excluding hydrogens is 258 g/mol. The highest BCUT2D eigenvalue weighted by molar-refractivity contribution is 5.76. The zero-order chi connectivity index (χ0) is 15.0. The third-order valence-electron chi connectivity index (χ3n) is 3.48. The number of nitrogens with one attached hydrogen (secondary N) is 1. The first-order valence-corrected chi connectivity index (χ1v) is 7.42. The van der Waals surface area contributed by atoms with Crippen molar-refractivity contribution < 1.29 is 14.3 Å². The third-order valence-corrected chi connectivity index (χ3v) is 3.48. The molecule has 3 N–H and O–H groups in total. The lowest BCUT2D eigenvalue weighted by Crippen LogP contribution is -2.46. The number of amides is 1. The summed E-state index contributed by atoms with van der Waals surface area (Å²) in [4.78, 5) is 14.0. The van der Waals surface area contributed by atoms with Gasteiger partial charge in [0, 0.05) is 39.8 Å². The molecule has 1 aliphatic heterocycles. The second-order valence-electron chi connectivity index (χ2n) is 5.52. The standard InChI is InChI=1S/C14H29N3O3/c1-11-9-17(10-12(2)20-11)6-4-5-16-14(18)7-13(8-15)19-3/h11-13H,4-10,15H2,1-3H3,(H,16,18). The van der Waals surface area contributed by atoms with Crippen molar-refractivity contribution in [1.29, 1.82) is 0 Å². The number of nitrogens with zero attached hydrogens (tertiary/aromatic N) is 1. The van der Waals surface area contributed by atoms with E-state index in [4.69, 9.17) is 15.2 Å². The van der Waals surface area contributed by atoms with Crippen LogP contribution in [0.4, 0.5) is 0 Å². The maximum atomic E-state index is 11.6. The summed E-state index contributed by atoms with van der Waals surface area (Å²) in [6, 6.07) is 0. The van der Waals surface area contributed by atoms with Crippen molar-refractivity contribution in [1.82, 2.24) is 10.2 Å². The molecule has 6 nitrogen and oxygen atoms in total. The minimum Gasteiger partial charge on any atom is -0.380 e. The number of ether oxygens (including phenoxy) is 2. The van der Waals surface area contributed by atoms with Gasteiger partial charge >= 0.3 is 0 Å². The van der Waals surface area contributed by atoms with Gasteiger partial charge in [0.05, 0.1) is 24.7 Å². The van der Waals surface area contributed by atoms with Gasteiger partial charge in [0.2, 0.25) is 5.91 Å². The summed E-state index contributed by atoms with van der Waals surface area (Å²) in [5, 5.41) is 2.91. The second-order valence-corrected chi connectivity index (χ2v) is 5.52. The first kappa shape index (κ1) is 17.4. The predicted molar refractivity (Wildman–Crippen MR) is 78.5 cm³/mol. The molecule has 118 valence electrons. The van der Waals surface area contributed by atoms with Crippen molar-refractivity contribution in [2.45, 2.75) is 45.0 Å². The van der Waals surface area contributed by atoms with Gasteiger partial charge < -0.3 is 20.5 Å². The van der Waals surface area contributed by atoms with E-state index in [9.17, 15) is 4.79 Å². The maximum Gasteiger partial charge on any atom is 0.222 e. The van der Waals surface area contributed by atoms with E-state index in [-0.39, 0.29) is 12.0 Å². The van der Waals surface area contributed by atoms with E-state index < -0.39 is 0 Å². The van der Waals surface area contributed by atoms with Gasteiger partial charge in [-0.05, 0) is 20.3 Å². The molecule has 0 aromatic heterocycles. The van der Waals surface area contributed by atoms with Crippen molar-refractivity contribution in [3.05, 3.63) is 0 Å². The van der Waals surface area contributed by atoms with E-state index in [1.165, 1.54) is 0 Å². The van der Waals surface area contributed by atoms with Crippen molar-refractivity contribution >= 4 is 5.91 Å². The third kappa shape index (κ3) is 6.65. The van der Waals surface area contributed by atoms with Crippen molar-refractivity contribution in [2.75, 3.05) is 39.8 Å². The van der Waals surface area contributed by atoms with E-state index in [1.807, 2.05) is 0 Å². The smallest absolute Gasteiger partial charge is 0.222 e. The highest BCUT2D eigenvalue weighted by Gasteiger charge is 2.21. The van der Waals surface area contributed by atoms with E-state index in [1.54, 1.807) is 7.11 Å². The van der Waals surface area contributed by atoms with Gasteiger partial charge in [-0.25, -0.2) is 0 Å². The Balaban J connectivity index is 2.10. The van der Waals surface area contributed by atoms with Crippen molar-refractivity contribution in [3.63, 3.8) is 0 Å². The van der Waals surface area contributed by atoms with Crippen LogP contribution >= 0.6 is 0 Å². The lowest BCUT2D eigenvalue weighted by molar-refractivity contribution is -0.123. The molecule has 0 aromatic carbocycles. The topological polar surface area (TPSA) is 76.8 Å². The molecule has 0 saturated carbocycles. The van der Waals surface area contributed by atoms with Gasteiger partial charge in [-0.2, -0.15) is 0 Å². The monoisotopic (exact) mass is 287 g/mol. The summed E-state index contributed by atoms with van der Waals surface area (Å²) in [6.45, 7) is 8.19. The zero-order valence-corrected chi connectivity index (χ0v) is 12.9. The molecule has 3 unspecified atom stereocenters. The molecule has 0 radical (unpaired) electrons. The molecule has 1 fully saturated rings. The van der Waals surface area contributed by atoms with E-state index in [2.05, 4.69) is 24.1 Å². The highest BCUT2D eigenvalue weighted by atomic mass is 16.5. The minimum absolute atomic E-state index is 0.00557. The Hall–Kier alpha value is -0.690. The molecule has 6 heteroatoms. The van der Waals surface area contributed by atoms with Crippen LogP contribution in [0.3, 0.4) is 0 Å². The summed E-state index contributed by atoms with van der Waals surface area (Å²) < 4.78 is 10.8. The molecular formula is C14H29N3O3. The Morgan fingerprint density at radius 2 is 2.10 bits per heavy atom. The molecule has 3 atom stereocenters. The van der Waals surface area contributed by atoms with E-state index in [0.717, 1.165) is 26.1 Å². The number of carbonyl (C=O) groups excluding carboxylic acids is 1. The van der Waals surface area contributed by atoms with Gasteiger partial charge in [-0.3, -0.25) is 9.69 Å². The Morgan fingerprint density at radius 1 is 1.45 bits per heavy atom. The van der Waals surface area contributed by atoms with Crippen LogP contribution in [0.15, 0.2) is 0 Å². The summed E-state index contributed by atoms with van der Waals surface area (Å²) in [6.07, 6.45) is 1.68. The largest absolute Gasteiger partial charge is 0.380 e. The number of methoxy groups -OCH3 is 1. The number of hydrogen-bond donors (Lipinski definition) is 2. The predicted octanol–water partition coefficient (Wildman–Crippen LogP) is -0.0343. The molecule has 0 aliphatic carbocycles. The lowest BCUT2D eigenvalue weighted by atomic mass is 10.2. The Morgan fingerprint density at radius 3 is 2.65 bits per heavy atom. The molecule has 0 bridgehead atoms. The molecule has 1 aliphatic rings. The van der Waals surface area contributed by atoms with Gasteiger partial charge in [-0.1, -0.05) is 0 Å². The van der Waals surface area contributed by atoms with Crippen molar-refractivity contribution in [3.8, 4) is 0 Å². The molecule has 1 saturated heterocycles. The molecule has 0 aromatic rings. The van der Waals surface area contributed by atoms with Crippen LogP contribution in [0.5, 0.6) is 0 Å². The summed E-state index contributed by atoms with van der Waals surface area (Å²) >= 11 is 0. The van der Waals surface area contributed by atoms with Crippen LogP contribution in [-0.4, -0.2) is 69.0 Å². The van der Waals surface area contributed by atoms with Gasteiger partial charge in [-0.15, -0.1) is 0 Å². The Bertz CT molecular complexity index is 275. The van der Waals surface area contributed by atoms with Crippen LogP contribution in [0.25, 0.3) is 0 Å². The average molecular weight is 287 g/mol. The number of hydrogen-bond acceptors (Lipinski definition) is 5. The first-order valence-electron chi connectivity index (χ1n) is 7.42. The maximum absolute atomic E-state index is 11.6. The quantitative estimate of drug-likeness (QED) is 0.613. The van der Waals surface area contributed by atoms with Crippen molar-refractivity contribution in [2.24, 2.45) is 5.73 Å². The molecule has 20 heavy (non-hydrogen) atoms. The fourth-order valence-electron chi connectivity index (χ4n) is 2.54. The van der Waals surface area contributed by atoms with Crippen LogP contribution in [0.2, 0.25) is 0 Å². The Kier molecular flexibility index (Phi) is 8.06. The van der Waals surface area contributed by atoms with Crippen LogP contribution in [0.1, 0.15) is 26.7 Å². The molecule has 0 spiro atoms. The second kappa shape index (κ2) is 9.28. The fourth-order valence-corrected chi connectivity index (χ4v) is 2.54. The first-order chi connectivity index (χ1) is 9.55. The number of morpholine rings is 1. The fraction of sp³-hybridized carbons (Fsp3) is 0.929. The normalized spacial score (nSPS) is 25.4.